The van der Waals surface area contributed by atoms with Crippen LogP contribution in [-0.4, -0.2) is 42.2 Å². The molecule has 1 aromatic rings. The van der Waals surface area contributed by atoms with Crippen LogP contribution in [0.4, 0.5) is 5.82 Å². The molecule has 106 valence electrons. The van der Waals surface area contributed by atoms with Crippen LogP contribution < -0.4 is 9.64 Å². The van der Waals surface area contributed by atoms with Crippen LogP contribution in [0.2, 0.25) is 0 Å². The Balaban J connectivity index is 2.18. The van der Waals surface area contributed by atoms with Gasteiger partial charge in [-0.3, -0.25) is 0 Å². The van der Waals surface area contributed by atoms with Crippen LogP contribution in [0.25, 0.3) is 0 Å². The summed E-state index contributed by atoms with van der Waals surface area (Å²) in [5, 5.41) is 0.841. The maximum atomic E-state index is 5.80. The number of morpholine rings is 1. The highest BCUT2D eigenvalue weighted by Crippen LogP contribution is 2.29. The Morgan fingerprint density at radius 2 is 2.42 bits per heavy atom. The van der Waals surface area contributed by atoms with Gasteiger partial charge in [0.1, 0.15) is 0 Å². The van der Waals surface area contributed by atoms with Crippen molar-refractivity contribution in [2.45, 2.75) is 32.4 Å². The van der Waals surface area contributed by atoms with Crippen molar-refractivity contribution in [2.24, 2.45) is 0 Å². The average molecular weight is 329 g/mol. The molecule has 0 spiro atoms. The van der Waals surface area contributed by atoms with Crippen molar-refractivity contribution in [3.8, 4) is 5.75 Å². The van der Waals surface area contributed by atoms with Gasteiger partial charge in [-0.1, -0.05) is 22.9 Å². The van der Waals surface area contributed by atoms with E-state index in [0.29, 0.717) is 6.04 Å². The number of anilines is 1. The molecule has 1 aromatic heterocycles. The molecule has 2 atom stereocenters. The Hall–Kier alpha value is -0.810. The van der Waals surface area contributed by atoms with Gasteiger partial charge in [0.15, 0.2) is 11.6 Å². The topological polar surface area (TPSA) is 34.6 Å². The van der Waals surface area contributed by atoms with Crippen molar-refractivity contribution < 1.29 is 9.47 Å². The smallest absolute Gasteiger partial charge is 0.171 e. The summed E-state index contributed by atoms with van der Waals surface area (Å²) in [6.45, 7) is 6.54. The Morgan fingerprint density at radius 1 is 1.58 bits per heavy atom. The lowest BCUT2D eigenvalue weighted by atomic mass is 10.2. The molecule has 1 aliphatic heterocycles. The summed E-state index contributed by atoms with van der Waals surface area (Å²) in [4.78, 5) is 6.78. The molecule has 1 fully saturated rings. The van der Waals surface area contributed by atoms with Crippen LogP contribution >= 0.6 is 15.9 Å². The standard InChI is InChI=1S/C14H21BrN2O2/c1-3-7-18-13-5-4-6-16-14(13)17-9-12(8-15)19-10-11(17)2/h4-6,11-12H,3,7-10H2,1-2H3. The van der Waals surface area contributed by atoms with Crippen LogP contribution in [-0.2, 0) is 4.74 Å². The Morgan fingerprint density at radius 3 is 3.16 bits per heavy atom. The number of ether oxygens (including phenoxy) is 2. The predicted molar refractivity (Wildman–Crippen MR) is 80.4 cm³/mol. The zero-order chi connectivity index (χ0) is 13.7. The Bertz CT molecular complexity index is 403. The van der Waals surface area contributed by atoms with E-state index in [0.717, 1.165) is 43.1 Å². The van der Waals surface area contributed by atoms with Crippen molar-refractivity contribution in [2.75, 3.05) is 30.0 Å². The first-order valence-corrected chi connectivity index (χ1v) is 7.90. The minimum atomic E-state index is 0.206. The van der Waals surface area contributed by atoms with Gasteiger partial charge in [0.25, 0.3) is 0 Å². The number of rotatable bonds is 5. The molecule has 5 heteroatoms. The summed E-state index contributed by atoms with van der Waals surface area (Å²) < 4.78 is 11.6. The second kappa shape index (κ2) is 7.10. The number of halogens is 1. The second-order valence-electron chi connectivity index (χ2n) is 4.78. The third-order valence-electron chi connectivity index (χ3n) is 3.16. The molecule has 0 aromatic carbocycles. The van der Waals surface area contributed by atoms with Gasteiger partial charge in [0.2, 0.25) is 0 Å². The van der Waals surface area contributed by atoms with Crippen LogP contribution in [0, 0.1) is 0 Å². The first kappa shape index (κ1) is 14.6. The van der Waals surface area contributed by atoms with Gasteiger partial charge >= 0.3 is 0 Å². The quantitative estimate of drug-likeness (QED) is 0.778. The van der Waals surface area contributed by atoms with E-state index in [1.54, 1.807) is 0 Å². The summed E-state index contributed by atoms with van der Waals surface area (Å²) in [6, 6.07) is 4.22. The number of hydrogen-bond acceptors (Lipinski definition) is 4. The van der Waals surface area contributed by atoms with Crippen molar-refractivity contribution >= 4 is 21.7 Å². The predicted octanol–water partition coefficient (Wildman–Crippen LogP) is 2.86. The number of nitrogens with zero attached hydrogens (tertiary/aromatic N) is 2. The third-order valence-corrected chi connectivity index (χ3v) is 3.88. The highest BCUT2D eigenvalue weighted by molar-refractivity contribution is 9.09. The number of hydrogen-bond donors (Lipinski definition) is 0. The summed E-state index contributed by atoms with van der Waals surface area (Å²) >= 11 is 3.49. The molecule has 0 radical (unpaired) electrons. The van der Waals surface area contributed by atoms with Crippen LogP contribution in [0.15, 0.2) is 18.3 Å². The van der Waals surface area contributed by atoms with Gasteiger partial charge in [0, 0.05) is 18.1 Å². The molecule has 0 amide bonds. The summed E-state index contributed by atoms with van der Waals surface area (Å²) in [7, 11) is 0. The van der Waals surface area contributed by atoms with Gasteiger partial charge in [-0.25, -0.2) is 4.98 Å². The van der Waals surface area contributed by atoms with Gasteiger partial charge < -0.3 is 14.4 Å². The van der Waals surface area contributed by atoms with Gasteiger partial charge in [-0.15, -0.1) is 0 Å². The molecular formula is C14H21BrN2O2. The fourth-order valence-electron chi connectivity index (χ4n) is 2.13. The number of alkyl halides is 1. The van der Waals surface area contributed by atoms with E-state index in [1.807, 2.05) is 18.3 Å². The first-order valence-electron chi connectivity index (χ1n) is 6.78. The normalized spacial score (nSPS) is 23.4. The lowest BCUT2D eigenvalue weighted by molar-refractivity contribution is 0.0374. The minimum Gasteiger partial charge on any atom is -0.490 e. The van der Waals surface area contributed by atoms with E-state index >= 15 is 0 Å². The maximum absolute atomic E-state index is 5.80. The van der Waals surface area contributed by atoms with Gasteiger partial charge in [-0.2, -0.15) is 0 Å². The highest BCUT2D eigenvalue weighted by atomic mass is 79.9. The lowest BCUT2D eigenvalue weighted by Gasteiger charge is -2.38. The Kier molecular flexibility index (Phi) is 5.45. The molecule has 1 aliphatic rings. The number of aromatic nitrogens is 1. The molecule has 2 heterocycles. The van der Waals surface area contributed by atoms with Crippen LogP contribution in [0.3, 0.4) is 0 Å². The number of pyridine rings is 1. The van der Waals surface area contributed by atoms with E-state index in [2.05, 4.69) is 39.7 Å². The van der Waals surface area contributed by atoms with E-state index in [-0.39, 0.29) is 6.10 Å². The second-order valence-corrected chi connectivity index (χ2v) is 5.43. The Labute approximate surface area is 123 Å². The van der Waals surface area contributed by atoms with E-state index in [4.69, 9.17) is 9.47 Å². The first-order chi connectivity index (χ1) is 9.26. The molecule has 0 aliphatic carbocycles. The molecule has 19 heavy (non-hydrogen) atoms. The maximum Gasteiger partial charge on any atom is 0.171 e. The zero-order valence-electron chi connectivity index (χ0n) is 11.5. The zero-order valence-corrected chi connectivity index (χ0v) is 13.1. The lowest BCUT2D eigenvalue weighted by Crippen LogP contribution is -2.49. The van der Waals surface area contributed by atoms with Crippen LogP contribution in [0.1, 0.15) is 20.3 Å². The highest BCUT2D eigenvalue weighted by Gasteiger charge is 2.28. The fourth-order valence-corrected chi connectivity index (χ4v) is 2.52. The molecule has 0 N–H and O–H groups in total. The molecule has 0 saturated carbocycles. The molecule has 0 bridgehead atoms. The van der Waals surface area contributed by atoms with Crippen molar-refractivity contribution in [3.63, 3.8) is 0 Å². The van der Waals surface area contributed by atoms with Gasteiger partial charge in [0.05, 0.1) is 25.4 Å². The molecular weight excluding hydrogens is 308 g/mol. The molecule has 2 unspecified atom stereocenters. The monoisotopic (exact) mass is 328 g/mol. The SMILES string of the molecule is CCCOc1cccnc1N1CC(CBr)OCC1C. The van der Waals surface area contributed by atoms with Gasteiger partial charge in [-0.05, 0) is 25.5 Å². The largest absolute Gasteiger partial charge is 0.490 e. The summed E-state index contributed by atoms with van der Waals surface area (Å²) in [5.41, 5.74) is 0. The summed E-state index contributed by atoms with van der Waals surface area (Å²) in [5.74, 6) is 1.80. The molecule has 2 rings (SSSR count). The molecule has 1 saturated heterocycles. The third kappa shape index (κ3) is 3.60. The molecule has 4 nitrogen and oxygen atoms in total. The van der Waals surface area contributed by atoms with E-state index in [1.165, 1.54) is 0 Å². The van der Waals surface area contributed by atoms with Crippen LogP contribution in [0.5, 0.6) is 5.75 Å². The van der Waals surface area contributed by atoms with Crippen molar-refractivity contribution in [1.82, 2.24) is 4.98 Å². The van der Waals surface area contributed by atoms with E-state index in [9.17, 15) is 0 Å². The fraction of sp³-hybridized carbons (Fsp3) is 0.643. The van der Waals surface area contributed by atoms with E-state index < -0.39 is 0 Å². The minimum absolute atomic E-state index is 0.206. The summed E-state index contributed by atoms with van der Waals surface area (Å²) in [6.07, 6.45) is 3.02. The van der Waals surface area contributed by atoms with Crippen molar-refractivity contribution in [1.29, 1.82) is 0 Å². The average Bonchev–Trinajstić information content (AvgIpc) is 2.46. The van der Waals surface area contributed by atoms with Crippen molar-refractivity contribution in [3.05, 3.63) is 18.3 Å².